The molecule has 0 radical (unpaired) electrons. The van der Waals surface area contributed by atoms with Gasteiger partial charge in [0.2, 0.25) is 5.91 Å². The molecule has 2 N–H and O–H groups in total. The molecule has 23 heavy (non-hydrogen) atoms. The first-order valence-electron chi connectivity index (χ1n) is 7.00. The number of carboxylic acids is 1. The third kappa shape index (κ3) is 4.97. The molecule has 7 heteroatoms. The predicted octanol–water partition coefficient (Wildman–Crippen LogP) is 3.52. The van der Waals surface area contributed by atoms with Crippen molar-refractivity contribution in [2.24, 2.45) is 5.41 Å². The van der Waals surface area contributed by atoms with Crippen molar-refractivity contribution in [2.75, 3.05) is 0 Å². The zero-order chi connectivity index (χ0) is 18.0. The number of aryl methyl sites for hydroxylation is 2. The molecule has 0 saturated carbocycles. The molecule has 1 amide bonds. The minimum Gasteiger partial charge on any atom is -0.479 e. The molecular formula is C16H20F3NO3. The van der Waals surface area contributed by atoms with Crippen LogP contribution in [0.4, 0.5) is 13.2 Å². The topological polar surface area (TPSA) is 66.4 Å². The highest BCUT2D eigenvalue weighted by molar-refractivity contribution is 5.85. The fourth-order valence-corrected chi connectivity index (χ4v) is 2.18. The third-order valence-corrected chi connectivity index (χ3v) is 3.50. The van der Waals surface area contributed by atoms with Gasteiger partial charge in [-0.2, -0.15) is 13.2 Å². The van der Waals surface area contributed by atoms with Crippen LogP contribution >= 0.6 is 0 Å². The SMILES string of the molecule is Cc1cc(C)cc(C(NC(=O)CC(C)(C)C(F)(F)F)C(=O)O)c1. The van der Waals surface area contributed by atoms with Gasteiger partial charge in [0.15, 0.2) is 6.04 Å². The Bertz CT molecular complexity index is 589. The first kappa shape index (κ1) is 19.0. The summed E-state index contributed by atoms with van der Waals surface area (Å²) in [4.78, 5) is 23.3. The zero-order valence-corrected chi connectivity index (χ0v) is 13.4. The molecule has 0 fully saturated rings. The number of aliphatic carboxylic acids is 1. The predicted molar refractivity (Wildman–Crippen MR) is 78.9 cm³/mol. The Morgan fingerprint density at radius 3 is 2.00 bits per heavy atom. The Labute approximate surface area is 132 Å². The lowest BCUT2D eigenvalue weighted by Gasteiger charge is -2.27. The highest BCUT2D eigenvalue weighted by Gasteiger charge is 2.48. The van der Waals surface area contributed by atoms with Crippen LogP contribution in [0.1, 0.15) is 43.0 Å². The van der Waals surface area contributed by atoms with Gasteiger partial charge in [0, 0.05) is 6.42 Å². The van der Waals surface area contributed by atoms with E-state index in [1.165, 1.54) is 0 Å². The van der Waals surface area contributed by atoms with Crippen molar-refractivity contribution in [3.05, 3.63) is 34.9 Å². The van der Waals surface area contributed by atoms with Crippen molar-refractivity contribution in [1.29, 1.82) is 0 Å². The maximum atomic E-state index is 12.8. The number of carbonyl (C=O) groups is 2. The second kappa shape index (κ2) is 6.60. The average molecular weight is 331 g/mol. The van der Waals surface area contributed by atoms with E-state index in [0.717, 1.165) is 25.0 Å². The van der Waals surface area contributed by atoms with Crippen molar-refractivity contribution >= 4 is 11.9 Å². The lowest BCUT2D eigenvalue weighted by Crippen LogP contribution is -2.40. The van der Waals surface area contributed by atoms with E-state index in [0.29, 0.717) is 5.56 Å². The normalized spacial score (nSPS) is 13.5. The van der Waals surface area contributed by atoms with E-state index >= 15 is 0 Å². The molecule has 128 valence electrons. The molecule has 0 saturated heterocycles. The maximum absolute atomic E-state index is 12.8. The third-order valence-electron chi connectivity index (χ3n) is 3.50. The van der Waals surface area contributed by atoms with Crippen LogP contribution < -0.4 is 5.32 Å². The molecule has 0 aliphatic carbocycles. The molecule has 1 atom stereocenters. The molecule has 4 nitrogen and oxygen atoms in total. The summed E-state index contributed by atoms with van der Waals surface area (Å²) in [5, 5.41) is 11.5. The number of halogens is 3. The van der Waals surface area contributed by atoms with Crippen LogP contribution in [0.2, 0.25) is 0 Å². The lowest BCUT2D eigenvalue weighted by molar-refractivity contribution is -0.213. The van der Waals surface area contributed by atoms with Crippen LogP contribution in [-0.4, -0.2) is 23.2 Å². The van der Waals surface area contributed by atoms with E-state index in [2.05, 4.69) is 5.32 Å². The summed E-state index contributed by atoms with van der Waals surface area (Å²) in [6.07, 6.45) is -5.39. The summed E-state index contributed by atoms with van der Waals surface area (Å²) < 4.78 is 38.5. The van der Waals surface area contributed by atoms with Crippen LogP contribution in [0.25, 0.3) is 0 Å². The number of hydrogen-bond donors (Lipinski definition) is 2. The van der Waals surface area contributed by atoms with Crippen molar-refractivity contribution in [3.8, 4) is 0 Å². The molecule has 0 aliphatic rings. The van der Waals surface area contributed by atoms with Gasteiger partial charge < -0.3 is 10.4 Å². The minimum absolute atomic E-state index is 0.327. The number of rotatable bonds is 5. The summed E-state index contributed by atoms with van der Waals surface area (Å²) >= 11 is 0. The lowest BCUT2D eigenvalue weighted by atomic mass is 9.88. The van der Waals surface area contributed by atoms with Crippen LogP contribution in [0.5, 0.6) is 0 Å². The van der Waals surface area contributed by atoms with Crippen LogP contribution in [0, 0.1) is 19.3 Å². The van der Waals surface area contributed by atoms with Gasteiger partial charge in [0.25, 0.3) is 0 Å². The fraction of sp³-hybridized carbons (Fsp3) is 0.500. The van der Waals surface area contributed by atoms with E-state index < -0.39 is 35.9 Å². The summed E-state index contributed by atoms with van der Waals surface area (Å²) in [7, 11) is 0. The van der Waals surface area contributed by atoms with E-state index in [4.69, 9.17) is 0 Å². The zero-order valence-electron chi connectivity index (χ0n) is 13.4. The molecule has 0 bridgehead atoms. The Morgan fingerprint density at radius 2 is 1.61 bits per heavy atom. The second-order valence-electron chi connectivity index (χ2n) is 6.32. The number of nitrogens with one attached hydrogen (secondary N) is 1. The summed E-state index contributed by atoms with van der Waals surface area (Å²) in [6, 6.07) is 3.61. The highest BCUT2D eigenvalue weighted by Crippen LogP contribution is 2.40. The Kier molecular flexibility index (Phi) is 5.45. The molecule has 1 unspecified atom stereocenters. The van der Waals surface area contributed by atoms with Crippen molar-refractivity contribution in [2.45, 2.75) is 46.3 Å². The van der Waals surface area contributed by atoms with Crippen LogP contribution in [0.3, 0.4) is 0 Å². The van der Waals surface area contributed by atoms with E-state index in [1.54, 1.807) is 26.0 Å². The first-order valence-corrected chi connectivity index (χ1v) is 7.00. The van der Waals surface area contributed by atoms with Crippen molar-refractivity contribution < 1.29 is 27.9 Å². The number of amides is 1. The van der Waals surface area contributed by atoms with Crippen LogP contribution in [-0.2, 0) is 9.59 Å². The molecule has 1 aromatic carbocycles. The average Bonchev–Trinajstić information content (AvgIpc) is 2.32. The van der Waals surface area contributed by atoms with Gasteiger partial charge in [0.1, 0.15) is 0 Å². The molecule has 0 spiro atoms. The van der Waals surface area contributed by atoms with Gasteiger partial charge >= 0.3 is 12.1 Å². The first-order chi connectivity index (χ1) is 10.3. The monoisotopic (exact) mass is 331 g/mol. The largest absolute Gasteiger partial charge is 0.479 e. The molecule has 0 heterocycles. The summed E-state index contributed by atoms with van der Waals surface area (Å²) in [6.45, 7) is 5.34. The number of carboxylic acid groups (broad SMARTS) is 1. The highest BCUT2D eigenvalue weighted by atomic mass is 19.4. The summed E-state index contributed by atoms with van der Waals surface area (Å²) in [5.74, 6) is -2.29. The van der Waals surface area contributed by atoms with Crippen LogP contribution in [0.15, 0.2) is 18.2 Å². The van der Waals surface area contributed by atoms with Gasteiger partial charge in [-0.15, -0.1) is 0 Å². The quantitative estimate of drug-likeness (QED) is 0.867. The molecule has 0 aromatic heterocycles. The number of benzene rings is 1. The number of carbonyl (C=O) groups excluding carboxylic acids is 1. The summed E-state index contributed by atoms with van der Waals surface area (Å²) in [5.41, 5.74) is -0.303. The molecule has 1 rings (SSSR count). The van der Waals surface area contributed by atoms with Gasteiger partial charge in [-0.3, -0.25) is 4.79 Å². The molecular weight excluding hydrogens is 311 g/mol. The van der Waals surface area contributed by atoms with Crippen molar-refractivity contribution in [1.82, 2.24) is 5.32 Å². The smallest absolute Gasteiger partial charge is 0.394 e. The van der Waals surface area contributed by atoms with E-state index in [-0.39, 0.29) is 0 Å². The molecule has 0 aliphatic heterocycles. The second-order valence-corrected chi connectivity index (χ2v) is 6.32. The van der Waals surface area contributed by atoms with E-state index in [9.17, 15) is 27.9 Å². The van der Waals surface area contributed by atoms with E-state index in [1.807, 2.05) is 6.07 Å². The van der Waals surface area contributed by atoms with Gasteiger partial charge in [0.05, 0.1) is 5.41 Å². The van der Waals surface area contributed by atoms with Crippen molar-refractivity contribution in [3.63, 3.8) is 0 Å². The Hall–Kier alpha value is -2.05. The van der Waals surface area contributed by atoms with Gasteiger partial charge in [-0.1, -0.05) is 43.2 Å². The van der Waals surface area contributed by atoms with Gasteiger partial charge in [-0.25, -0.2) is 4.79 Å². The standard InChI is InChI=1S/C16H20F3NO3/c1-9-5-10(2)7-11(6-9)13(14(22)23)20-12(21)8-15(3,4)16(17,18)19/h5-7,13H,8H2,1-4H3,(H,20,21)(H,22,23). The Morgan fingerprint density at radius 1 is 1.13 bits per heavy atom. The minimum atomic E-state index is -4.55. The number of hydrogen-bond acceptors (Lipinski definition) is 2. The fourth-order valence-electron chi connectivity index (χ4n) is 2.18. The maximum Gasteiger partial charge on any atom is 0.394 e. The number of alkyl halides is 3. The Balaban J connectivity index is 2.97. The molecule has 1 aromatic rings. The van der Waals surface area contributed by atoms with Gasteiger partial charge in [-0.05, 0) is 19.4 Å².